The molecule has 6 heteroatoms. The average molecular weight is 362 g/mol. The molecule has 0 bridgehead atoms. The van der Waals surface area contributed by atoms with Crippen molar-refractivity contribution in [2.24, 2.45) is 0 Å². The topological polar surface area (TPSA) is 58.1 Å². The van der Waals surface area contributed by atoms with Gasteiger partial charge in [-0.05, 0) is 42.7 Å². The Morgan fingerprint density at radius 1 is 1.07 bits per heavy atom. The van der Waals surface area contributed by atoms with Crippen LogP contribution < -0.4 is 5.32 Å². The first-order valence-electron chi connectivity index (χ1n) is 8.83. The van der Waals surface area contributed by atoms with Crippen LogP contribution in [0.4, 0.5) is 15.9 Å². The second-order valence-corrected chi connectivity index (χ2v) is 6.57. The van der Waals surface area contributed by atoms with Crippen molar-refractivity contribution in [1.29, 1.82) is 0 Å². The summed E-state index contributed by atoms with van der Waals surface area (Å²) >= 11 is 0. The van der Waals surface area contributed by atoms with E-state index in [2.05, 4.69) is 27.4 Å². The molecule has 2 heterocycles. The Morgan fingerprint density at radius 2 is 1.89 bits per heavy atom. The first kappa shape index (κ1) is 17.1. The average Bonchev–Trinajstić information content (AvgIpc) is 2.66. The molecule has 2 aromatic carbocycles. The number of aromatic nitrogens is 2. The summed E-state index contributed by atoms with van der Waals surface area (Å²) in [5, 5.41) is 3.04. The van der Waals surface area contributed by atoms with E-state index in [1.165, 1.54) is 23.3 Å². The van der Waals surface area contributed by atoms with Gasteiger partial charge in [0.2, 0.25) is 0 Å². The minimum absolute atomic E-state index is 0.128. The van der Waals surface area contributed by atoms with Crippen molar-refractivity contribution in [3.63, 3.8) is 0 Å². The molecule has 0 aliphatic carbocycles. The molecule has 1 amide bonds. The lowest BCUT2D eigenvalue weighted by Gasteiger charge is -2.28. The van der Waals surface area contributed by atoms with E-state index in [9.17, 15) is 9.18 Å². The van der Waals surface area contributed by atoms with Crippen LogP contribution in [-0.4, -0.2) is 27.3 Å². The van der Waals surface area contributed by atoms with Gasteiger partial charge in [0.15, 0.2) is 0 Å². The van der Waals surface area contributed by atoms with Gasteiger partial charge >= 0.3 is 0 Å². The predicted octanol–water partition coefficient (Wildman–Crippen LogP) is 3.87. The van der Waals surface area contributed by atoms with Gasteiger partial charge in [-0.15, -0.1) is 0 Å². The second kappa shape index (κ2) is 7.15. The highest BCUT2D eigenvalue weighted by Crippen LogP contribution is 2.21. The SMILES string of the molecule is Cc1nc(Nc2cccc(F)c2)cc(C(=O)N2CCc3ccccc3C2)n1. The molecular weight excluding hydrogens is 343 g/mol. The molecule has 0 saturated carbocycles. The number of hydrogen-bond acceptors (Lipinski definition) is 4. The van der Waals surface area contributed by atoms with Crippen LogP contribution in [0, 0.1) is 12.7 Å². The zero-order chi connectivity index (χ0) is 18.8. The number of fused-ring (bicyclic) bond motifs is 1. The van der Waals surface area contributed by atoms with E-state index >= 15 is 0 Å². The fourth-order valence-electron chi connectivity index (χ4n) is 3.29. The summed E-state index contributed by atoms with van der Waals surface area (Å²) in [5.74, 6) is 0.484. The summed E-state index contributed by atoms with van der Waals surface area (Å²) in [6.45, 7) is 2.97. The highest BCUT2D eigenvalue weighted by molar-refractivity contribution is 5.93. The number of aryl methyl sites for hydroxylation is 1. The van der Waals surface area contributed by atoms with Crippen LogP contribution in [0.3, 0.4) is 0 Å². The molecular formula is C21H19FN4O. The van der Waals surface area contributed by atoms with Crippen LogP contribution >= 0.6 is 0 Å². The molecule has 1 aliphatic heterocycles. The van der Waals surface area contributed by atoms with E-state index < -0.39 is 0 Å². The molecule has 0 fully saturated rings. The Kier molecular flexibility index (Phi) is 4.54. The zero-order valence-corrected chi connectivity index (χ0v) is 14.9. The van der Waals surface area contributed by atoms with E-state index in [1.54, 1.807) is 30.0 Å². The Hall–Kier alpha value is -3.28. The van der Waals surface area contributed by atoms with E-state index in [4.69, 9.17) is 0 Å². The quantitative estimate of drug-likeness (QED) is 0.768. The smallest absolute Gasteiger partial charge is 0.272 e. The molecule has 0 unspecified atom stereocenters. The Morgan fingerprint density at radius 3 is 2.70 bits per heavy atom. The summed E-state index contributed by atoms with van der Waals surface area (Å²) in [5.41, 5.74) is 3.36. The van der Waals surface area contributed by atoms with Crippen molar-refractivity contribution in [2.45, 2.75) is 19.9 Å². The van der Waals surface area contributed by atoms with Gasteiger partial charge in [0.25, 0.3) is 5.91 Å². The summed E-state index contributed by atoms with van der Waals surface area (Å²) in [6, 6.07) is 15.9. The number of hydrogen-bond donors (Lipinski definition) is 1. The first-order chi connectivity index (χ1) is 13.1. The third-order valence-electron chi connectivity index (χ3n) is 4.57. The highest BCUT2D eigenvalue weighted by atomic mass is 19.1. The van der Waals surface area contributed by atoms with Crippen molar-refractivity contribution in [1.82, 2.24) is 14.9 Å². The predicted molar refractivity (Wildman–Crippen MR) is 101 cm³/mol. The molecule has 136 valence electrons. The van der Waals surface area contributed by atoms with Gasteiger partial charge in [-0.1, -0.05) is 30.3 Å². The summed E-state index contributed by atoms with van der Waals surface area (Å²) < 4.78 is 13.4. The van der Waals surface area contributed by atoms with Crippen LogP contribution in [0.25, 0.3) is 0 Å². The number of carbonyl (C=O) groups excluding carboxylic acids is 1. The molecule has 0 spiro atoms. The Balaban J connectivity index is 1.57. The fourth-order valence-corrected chi connectivity index (χ4v) is 3.29. The number of anilines is 2. The molecule has 5 nitrogen and oxygen atoms in total. The molecule has 1 aliphatic rings. The lowest BCUT2D eigenvalue weighted by atomic mass is 10.00. The van der Waals surface area contributed by atoms with Gasteiger partial charge in [0.05, 0.1) is 0 Å². The van der Waals surface area contributed by atoms with Crippen molar-refractivity contribution in [2.75, 3.05) is 11.9 Å². The largest absolute Gasteiger partial charge is 0.340 e. The van der Waals surface area contributed by atoms with Crippen LogP contribution in [0.1, 0.15) is 27.4 Å². The Labute approximate surface area is 156 Å². The third-order valence-corrected chi connectivity index (χ3v) is 4.57. The number of halogens is 1. The van der Waals surface area contributed by atoms with Gasteiger partial charge in [-0.2, -0.15) is 0 Å². The van der Waals surface area contributed by atoms with Crippen molar-refractivity contribution in [3.05, 3.63) is 83.1 Å². The summed E-state index contributed by atoms with van der Waals surface area (Å²) in [6.07, 6.45) is 0.834. The minimum Gasteiger partial charge on any atom is -0.340 e. The van der Waals surface area contributed by atoms with Crippen LogP contribution in [-0.2, 0) is 13.0 Å². The number of carbonyl (C=O) groups is 1. The van der Waals surface area contributed by atoms with Gasteiger partial charge in [-0.3, -0.25) is 4.79 Å². The van der Waals surface area contributed by atoms with Crippen molar-refractivity contribution < 1.29 is 9.18 Å². The zero-order valence-electron chi connectivity index (χ0n) is 14.9. The van der Waals surface area contributed by atoms with E-state index in [0.29, 0.717) is 36.1 Å². The number of benzene rings is 2. The standard InChI is InChI=1S/C21H19FN4O/c1-14-23-19(12-20(24-14)25-18-8-4-7-17(22)11-18)21(27)26-10-9-15-5-2-3-6-16(15)13-26/h2-8,11-12H,9-10,13H2,1H3,(H,23,24,25). The van der Waals surface area contributed by atoms with Crippen molar-refractivity contribution in [3.8, 4) is 0 Å². The monoisotopic (exact) mass is 362 g/mol. The molecule has 27 heavy (non-hydrogen) atoms. The van der Waals surface area contributed by atoms with Gasteiger partial charge in [-0.25, -0.2) is 14.4 Å². The van der Waals surface area contributed by atoms with Crippen LogP contribution in [0.5, 0.6) is 0 Å². The van der Waals surface area contributed by atoms with E-state index in [-0.39, 0.29) is 11.7 Å². The summed E-state index contributed by atoms with van der Waals surface area (Å²) in [4.78, 5) is 23.4. The fraction of sp³-hybridized carbons (Fsp3) is 0.190. The number of amides is 1. The van der Waals surface area contributed by atoms with Gasteiger partial charge in [0, 0.05) is 24.8 Å². The normalized spacial score (nSPS) is 13.2. The molecule has 1 N–H and O–H groups in total. The Bertz CT molecular complexity index is 1000. The highest BCUT2D eigenvalue weighted by Gasteiger charge is 2.23. The number of nitrogens with zero attached hydrogens (tertiary/aromatic N) is 3. The van der Waals surface area contributed by atoms with E-state index in [1.807, 2.05) is 12.1 Å². The minimum atomic E-state index is -0.339. The number of nitrogens with one attached hydrogen (secondary N) is 1. The molecule has 3 aromatic rings. The molecule has 4 rings (SSSR count). The molecule has 0 saturated heterocycles. The first-order valence-corrected chi connectivity index (χ1v) is 8.83. The van der Waals surface area contributed by atoms with Crippen LogP contribution in [0.2, 0.25) is 0 Å². The maximum atomic E-state index is 13.4. The lowest BCUT2D eigenvalue weighted by molar-refractivity contribution is 0.0728. The number of rotatable bonds is 3. The van der Waals surface area contributed by atoms with Gasteiger partial charge < -0.3 is 10.2 Å². The molecule has 1 aromatic heterocycles. The molecule has 0 radical (unpaired) electrons. The van der Waals surface area contributed by atoms with Gasteiger partial charge in [0.1, 0.15) is 23.2 Å². The molecule has 0 atom stereocenters. The van der Waals surface area contributed by atoms with E-state index in [0.717, 1.165) is 6.42 Å². The summed E-state index contributed by atoms with van der Waals surface area (Å²) in [7, 11) is 0. The maximum absolute atomic E-state index is 13.4. The second-order valence-electron chi connectivity index (χ2n) is 6.57. The van der Waals surface area contributed by atoms with Crippen LogP contribution in [0.15, 0.2) is 54.6 Å². The third kappa shape index (κ3) is 3.79. The van der Waals surface area contributed by atoms with Crippen molar-refractivity contribution >= 4 is 17.4 Å². The lowest BCUT2D eigenvalue weighted by Crippen LogP contribution is -2.36. The maximum Gasteiger partial charge on any atom is 0.272 e.